The van der Waals surface area contributed by atoms with Gasteiger partial charge < -0.3 is 9.87 Å². The predicted molar refractivity (Wildman–Crippen MR) is 82.0 cm³/mol. The molecule has 1 amide bonds. The van der Waals surface area contributed by atoms with Gasteiger partial charge in [-0.15, -0.1) is 11.3 Å². The molecule has 0 spiro atoms. The molecule has 0 saturated carbocycles. The minimum absolute atomic E-state index is 0.0830. The molecule has 0 bridgehead atoms. The minimum Gasteiger partial charge on any atom is -0.701 e. The maximum Gasteiger partial charge on any atom is 0.271 e. The second-order valence-corrected chi connectivity index (χ2v) is 7.56. The lowest BCUT2D eigenvalue weighted by Crippen LogP contribution is -2.46. The number of halogens is 1. The number of carbonyl (C=O) groups is 1. The zero-order valence-corrected chi connectivity index (χ0v) is 13.4. The number of thiophene rings is 1. The number of nitrogens with one attached hydrogen (secondary N) is 1. The molecule has 1 aromatic carbocycles. The summed E-state index contributed by atoms with van der Waals surface area (Å²) in [7, 11) is -2.31. The smallest absolute Gasteiger partial charge is 0.271 e. The third-order valence-electron chi connectivity index (χ3n) is 3.09. The largest absolute Gasteiger partial charge is 0.701 e. The summed E-state index contributed by atoms with van der Waals surface area (Å²) < 4.78 is 46.0. The summed E-state index contributed by atoms with van der Waals surface area (Å²) in [6, 6.07) is 6.55. The molecule has 1 heterocycles. The maximum atomic E-state index is 12.8. The topological polar surface area (TPSA) is 86.3 Å². The van der Waals surface area contributed by atoms with Crippen LogP contribution in [0.5, 0.6) is 0 Å². The Morgan fingerprint density at radius 1 is 1.23 bits per heavy atom. The van der Waals surface area contributed by atoms with Crippen molar-refractivity contribution in [2.24, 2.45) is 0 Å². The van der Waals surface area contributed by atoms with Crippen molar-refractivity contribution < 1.29 is 22.2 Å². The standard InChI is InChI=1S/C13H13FN2O4S2/c1-16(2,22(18,19)20)11-7-8-21-12(11)13(17)15-10-5-3-9(14)4-6-10/h3-8H,1-2H3,(H-,15,17,18,19,20). The first-order chi connectivity index (χ1) is 10.1. The third kappa shape index (κ3) is 3.17. The molecule has 0 aliphatic carbocycles. The van der Waals surface area contributed by atoms with E-state index in [1.54, 1.807) is 0 Å². The molecular weight excluding hydrogens is 331 g/mol. The van der Waals surface area contributed by atoms with Crippen molar-refractivity contribution in [3.05, 3.63) is 46.4 Å². The number of amides is 1. The number of benzene rings is 1. The zero-order valence-electron chi connectivity index (χ0n) is 11.7. The SMILES string of the molecule is C[N+](C)(c1ccsc1C(=O)Nc1ccc(F)cc1)S(=O)(=O)[O-]. The summed E-state index contributed by atoms with van der Waals surface area (Å²) in [5.74, 6) is -1.00. The van der Waals surface area contributed by atoms with Crippen LogP contribution >= 0.6 is 11.3 Å². The quantitative estimate of drug-likeness (QED) is 0.680. The van der Waals surface area contributed by atoms with Gasteiger partial charge in [-0.05, 0) is 29.6 Å². The zero-order chi connectivity index (χ0) is 16.5. The molecule has 0 unspecified atom stereocenters. The molecule has 0 saturated heterocycles. The highest BCUT2D eigenvalue weighted by molar-refractivity contribution is 7.85. The monoisotopic (exact) mass is 344 g/mol. The maximum absolute atomic E-state index is 12.8. The average molecular weight is 344 g/mol. The molecule has 0 aliphatic rings. The lowest BCUT2D eigenvalue weighted by Gasteiger charge is -2.30. The first-order valence-corrected chi connectivity index (χ1v) is 8.32. The van der Waals surface area contributed by atoms with Crippen LogP contribution < -0.4 is 9.21 Å². The van der Waals surface area contributed by atoms with E-state index in [0.717, 1.165) is 11.3 Å². The Balaban J connectivity index is 2.33. The summed E-state index contributed by atoms with van der Waals surface area (Å²) in [4.78, 5) is 12.4. The third-order valence-corrected chi connectivity index (χ3v) is 5.31. The summed E-state index contributed by atoms with van der Waals surface area (Å²) in [5.41, 5.74) is 0.445. The number of carbonyl (C=O) groups excluding carboxylic acids is 1. The van der Waals surface area contributed by atoms with Crippen LogP contribution in [-0.4, -0.2) is 33.0 Å². The number of nitrogens with zero attached hydrogens (tertiary/aromatic N) is 1. The van der Waals surface area contributed by atoms with E-state index in [-0.39, 0.29) is 10.6 Å². The van der Waals surface area contributed by atoms with E-state index in [4.69, 9.17) is 0 Å². The van der Waals surface area contributed by atoms with Crippen molar-refractivity contribution in [2.75, 3.05) is 19.4 Å². The molecule has 118 valence electrons. The number of quaternary nitrogens is 1. The van der Waals surface area contributed by atoms with E-state index in [1.807, 2.05) is 0 Å². The summed E-state index contributed by atoms with van der Waals surface area (Å²) >= 11 is 1.02. The normalized spacial score (nSPS) is 12.2. The van der Waals surface area contributed by atoms with Gasteiger partial charge in [-0.3, -0.25) is 4.79 Å². The summed E-state index contributed by atoms with van der Waals surface area (Å²) in [6.45, 7) is 0. The highest BCUT2D eigenvalue weighted by atomic mass is 32.2. The Kier molecular flexibility index (Phi) is 4.34. The van der Waals surface area contributed by atoms with Crippen molar-refractivity contribution in [2.45, 2.75) is 0 Å². The van der Waals surface area contributed by atoms with Gasteiger partial charge in [0.1, 0.15) is 5.82 Å². The van der Waals surface area contributed by atoms with Crippen molar-refractivity contribution in [3.8, 4) is 0 Å². The minimum atomic E-state index is -4.70. The van der Waals surface area contributed by atoms with Gasteiger partial charge in [0.25, 0.3) is 16.2 Å². The van der Waals surface area contributed by atoms with Crippen LogP contribution in [0, 0.1) is 5.82 Å². The molecule has 0 fully saturated rings. The Morgan fingerprint density at radius 2 is 1.82 bits per heavy atom. The van der Waals surface area contributed by atoms with E-state index >= 15 is 0 Å². The number of hydrogen-bond acceptors (Lipinski definition) is 5. The first kappa shape index (κ1) is 16.6. The fourth-order valence-corrected chi connectivity index (χ4v) is 3.10. The molecule has 0 atom stereocenters. The van der Waals surface area contributed by atoms with Crippen molar-refractivity contribution in [3.63, 3.8) is 0 Å². The van der Waals surface area contributed by atoms with Gasteiger partial charge >= 0.3 is 0 Å². The van der Waals surface area contributed by atoms with Gasteiger partial charge in [0.2, 0.25) is 0 Å². The predicted octanol–water partition coefficient (Wildman–Crippen LogP) is 2.17. The molecule has 2 rings (SSSR count). The first-order valence-electron chi connectivity index (χ1n) is 6.08. The Bertz CT molecular complexity index is 798. The molecule has 1 aromatic heterocycles. The molecule has 2 aromatic rings. The number of hydrogen-bond donors (Lipinski definition) is 1. The second-order valence-electron chi connectivity index (χ2n) is 4.87. The Hall–Kier alpha value is -1.81. The fraction of sp³-hybridized carbons (Fsp3) is 0.154. The average Bonchev–Trinajstić information content (AvgIpc) is 2.90. The highest BCUT2D eigenvalue weighted by Gasteiger charge is 2.33. The van der Waals surface area contributed by atoms with Gasteiger partial charge in [0.15, 0.2) is 10.6 Å². The van der Waals surface area contributed by atoms with E-state index < -0.39 is 25.9 Å². The van der Waals surface area contributed by atoms with E-state index in [9.17, 15) is 22.2 Å². The van der Waals surface area contributed by atoms with Crippen LogP contribution in [0.25, 0.3) is 0 Å². The molecular formula is C13H13FN2O4S2. The van der Waals surface area contributed by atoms with Gasteiger partial charge in [-0.2, -0.15) is 12.3 Å². The van der Waals surface area contributed by atoms with E-state index in [0.29, 0.717) is 5.69 Å². The lowest BCUT2D eigenvalue weighted by atomic mass is 10.3. The second kappa shape index (κ2) is 5.76. The van der Waals surface area contributed by atoms with Crippen LogP contribution in [0.1, 0.15) is 9.67 Å². The van der Waals surface area contributed by atoms with Crippen molar-refractivity contribution in [1.82, 2.24) is 3.89 Å². The van der Waals surface area contributed by atoms with Crippen LogP contribution in [0.15, 0.2) is 35.7 Å². The van der Waals surface area contributed by atoms with E-state index in [2.05, 4.69) is 5.32 Å². The van der Waals surface area contributed by atoms with Gasteiger partial charge in [0, 0.05) is 11.8 Å². The number of anilines is 1. The van der Waals surface area contributed by atoms with Crippen LogP contribution in [0.3, 0.4) is 0 Å². The summed E-state index contributed by atoms with van der Waals surface area (Å²) in [5, 5.41) is 4.06. The van der Waals surface area contributed by atoms with Crippen LogP contribution in [-0.2, 0) is 10.3 Å². The summed E-state index contributed by atoms with van der Waals surface area (Å²) in [6.07, 6.45) is 0. The van der Waals surface area contributed by atoms with Gasteiger partial charge in [-0.1, -0.05) is 0 Å². The van der Waals surface area contributed by atoms with Gasteiger partial charge in [-0.25, -0.2) is 4.39 Å². The molecule has 1 N–H and O–H groups in total. The molecule has 0 aliphatic heterocycles. The number of rotatable bonds is 4. The van der Waals surface area contributed by atoms with E-state index in [1.165, 1.54) is 49.8 Å². The molecule has 22 heavy (non-hydrogen) atoms. The fourth-order valence-electron chi connectivity index (χ4n) is 1.74. The Labute approximate surface area is 131 Å². The molecule has 6 nitrogen and oxygen atoms in total. The van der Waals surface area contributed by atoms with Crippen LogP contribution in [0.2, 0.25) is 0 Å². The van der Waals surface area contributed by atoms with Crippen molar-refractivity contribution >= 4 is 38.9 Å². The van der Waals surface area contributed by atoms with Gasteiger partial charge in [0.05, 0.1) is 14.1 Å². The molecule has 9 heteroatoms. The highest BCUT2D eigenvalue weighted by Crippen LogP contribution is 2.32. The van der Waals surface area contributed by atoms with Crippen LogP contribution in [0.4, 0.5) is 15.8 Å². The lowest BCUT2D eigenvalue weighted by molar-refractivity contribution is 0.103. The molecule has 0 radical (unpaired) electrons. The van der Waals surface area contributed by atoms with Crippen molar-refractivity contribution in [1.29, 1.82) is 0 Å². The Morgan fingerprint density at radius 3 is 2.36 bits per heavy atom.